The summed E-state index contributed by atoms with van der Waals surface area (Å²) in [7, 11) is -2.49. The third-order valence-corrected chi connectivity index (χ3v) is 15.1. The molecule has 0 radical (unpaired) electrons. The summed E-state index contributed by atoms with van der Waals surface area (Å²) in [6, 6.07) is 61.1. The van der Waals surface area contributed by atoms with Gasteiger partial charge in [-0.25, -0.2) is 4.98 Å². The summed E-state index contributed by atoms with van der Waals surface area (Å²) in [6.45, 7) is 0.309. The Bertz CT molecular complexity index is 1960. The Labute approximate surface area is 321 Å². The van der Waals surface area contributed by atoms with Gasteiger partial charge in [0, 0.05) is 18.6 Å². The molecule has 0 unspecified atom stereocenters. The molecule has 256 valence electrons. The van der Waals surface area contributed by atoms with Crippen LogP contribution in [0.1, 0.15) is 24.0 Å². The van der Waals surface area contributed by atoms with Gasteiger partial charge in [0.1, 0.15) is 0 Å². The van der Waals surface area contributed by atoms with Crippen LogP contribution in [0.2, 0.25) is 0 Å². The zero-order valence-corrected chi connectivity index (χ0v) is 32.0. The van der Waals surface area contributed by atoms with Crippen molar-refractivity contribution in [3.8, 4) is 0 Å². The van der Waals surface area contributed by atoms with E-state index < -0.39 is 8.07 Å². The maximum atomic E-state index is 5.20. The van der Waals surface area contributed by atoms with Crippen molar-refractivity contribution >= 4 is 81.9 Å². The minimum Gasteiger partial charge on any atom is -0.339 e. The molecule has 0 aliphatic heterocycles. The van der Waals surface area contributed by atoms with Crippen LogP contribution in [0, 0.1) is 0 Å². The number of aromatic nitrogens is 2. The van der Waals surface area contributed by atoms with Gasteiger partial charge in [0.05, 0.1) is 6.33 Å². The Hall–Kier alpha value is -5.01. The molecule has 0 saturated heterocycles. The van der Waals surface area contributed by atoms with Crippen LogP contribution in [0.25, 0.3) is 0 Å². The summed E-state index contributed by atoms with van der Waals surface area (Å²) < 4.78 is 2.26. The molecule has 6 aromatic carbocycles. The standard InChI is InChI=1S/C28H28N2S2Si.C18H15B/c31-20-8-12-24-10-4-6-16-27(24)33(23-30-19-18-29-22-30,26-14-2-1-3-15-26)28-17-7-5-11-25(28)13-9-21-32;1-4-10-16(11-5-1)19(17-12-6-2-7-13-17)18-14-8-3-9-15-18/h1-7,10-11,14-22H,8-9,12-13,23H2;1-15H. The molecule has 0 aliphatic carbocycles. The first-order chi connectivity index (χ1) is 25.7. The van der Waals surface area contributed by atoms with Gasteiger partial charge in [-0.15, -0.1) is 0 Å². The number of rotatable bonds is 14. The second-order valence-electron chi connectivity index (χ2n) is 12.9. The molecule has 6 heteroatoms. The van der Waals surface area contributed by atoms with Gasteiger partial charge in [-0.3, -0.25) is 0 Å². The molecule has 7 aromatic rings. The highest BCUT2D eigenvalue weighted by molar-refractivity contribution is 7.79. The summed E-state index contributed by atoms with van der Waals surface area (Å²) in [5, 5.41) is 8.02. The minimum atomic E-state index is -2.49. The van der Waals surface area contributed by atoms with Gasteiger partial charge in [-0.2, -0.15) is 0 Å². The molecule has 0 spiro atoms. The molecule has 7 rings (SSSR count). The van der Waals surface area contributed by atoms with E-state index in [0.717, 1.165) is 31.9 Å². The van der Waals surface area contributed by atoms with Crippen molar-refractivity contribution in [2.24, 2.45) is 0 Å². The lowest BCUT2D eigenvalue weighted by Crippen LogP contribution is -2.71. The fourth-order valence-corrected chi connectivity index (χ4v) is 12.8. The maximum Gasteiger partial charge on any atom is 0.241 e. The Morgan fingerprint density at radius 1 is 0.519 bits per heavy atom. The Balaban J connectivity index is 0.000000206. The maximum absolute atomic E-state index is 5.20. The van der Waals surface area contributed by atoms with Crippen LogP contribution in [0.3, 0.4) is 0 Å². The van der Waals surface area contributed by atoms with Gasteiger partial charge in [-0.05, 0) is 63.1 Å². The first kappa shape index (κ1) is 36.8. The number of thiocarbonyl (C=S) groups is 2. The van der Waals surface area contributed by atoms with Crippen molar-refractivity contribution in [3.05, 3.63) is 200 Å². The van der Waals surface area contributed by atoms with Crippen molar-refractivity contribution in [1.29, 1.82) is 0 Å². The van der Waals surface area contributed by atoms with E-state index in [0.29, 0.717) is 6.71 Å². The van der Waals surface area contributed by atoms with Crippen LogP contribution >= 0.6 is 24.4 Å². The number of hydrogen-bond acceptors (Lipinski definition) is 3. The van der Waals surface area contributed by atoms with Crippen molar-refractivity contribution < 1.29 is 0 Å². The monoisotopic (exact) mass is 726 g/mol. The second-order valence-corrected chi connectivity index (χ2v) is 17.3. The van der Waals surface area contributed by atoms with Crippen LogP contribution in [0.15, 0.2) is 189 Å². The highest BCUT2D eigenvalue weighted by Crippen LogP contribution is 2.17. The van der Waals surface area contributed by atoms with Gasteiger partial charge < -0.3 is 4.57 Å². The van der Waals surface area contributed by atoms with Crippen LogP contribution < -0.4 is 31.9 Å². The molecule has 0 atom stereocenters. The molecule has 2 nitrogen and oxygen atoms in total. The zero-order valence-electron chi connectivity index (χ0n) is 29.4. The average Bonchev–Trinajstić information content (AvgIpc) is 3.74. The van der Waals surface area contributed by atoms with Crippen LogP contribution in [-0.4, -0.2) is 35.1 Å². The Morgan fingerprint density at radius 2 is 0.923 bits per heavy atom. The van der Waals surface area contributed by atoms with E-state index in [2.05, 4.69) is 186 Å². The van der Waals surface area contributed by atoms with Crippen molar-refractivity contribution in [3.63, 3.8) is 0 Å². The lowest BCUT2D eigenvalue weighted by molar-refractivity contribution is 0.860. The number of benzene rings is 6. The number of hydrogen-bond donors (Lipinski definition) is 0. The van der Waals surface area contributed by atoms with Crippen molar-refractivity contribution in [2.75, 3.05) is 0 Å². The van der Waals surface area contributed by atoms with Gasteiger partial charge >= 0.3 is 0 Å². The second kappa shape index (κ2) is 19.0. The molecular formula is C46H43BN2S2Si. The smallest absolute Gasteiger partial charge is 0.241 e. The molecule has 1 aromatic heterocycles. The van der Waals surface area contributed by atoms with E-state index in [9.17, 15) is 0 Å². The molecular weight excluding hydrogens is 684 g/mol. The van der Waals surface area contributed by atoms with E-state index in [1.165, 1.54) is 43.1 Å². The third kappa shape index (κ3) is 8.89. The molecule has 0 bridgehead atoms. The average molecular weight is 727 g/mol. The minimum absolute atomic E-state index is 0.309. The summed E-state index contributed by atoms with van der Waals surface area (Å²) in [5.74, 6) is 0. The SMILES string of the molecule is S=CCCc1ccccc1[Si](Cn1ccnc1)(c1ccccc1)c1ccccc1CCC=S.c1ccc(B(c2ccccc2)c2ccccc2)cc1. The largest absolute Gasteiger partial charge is 0.339 e. The number of nitrogens with zero attached hydrogens (tertiary/aromatic N) is 2. The topological polar surface area (TPSA) is 17.8 Å². The van der Waals surface area contributed by atoms with Crippen LogP contribution in [0.5, 0.6) is 0 Å². The quantitative estimate of drug-likeness (QED) is 0.0710. The number of aryl methyl sites for hydroxylation is 2. The summed E-state index contributed by atoms with van der Waals surface area (Å²) >= 11 is 10.4. The molecule has 0 fully saturated rings. The first-order valence-electron chi connectivity index (χ1n) is 17.9. The van der Waals surface area contributed by atoms with E-state index in [1.807, 2.05) is 23.3 Å². The summed E-state index contributed by atoms with van der Waals surface area (Å²) in [5.41, 5.74) is 6.78. The number of imidazole rings is 1. The van der Waals surface area contributed by atoms with Crippen LogP contribution in [-0.2, 0) is 19.0 Å². The molecule has 0 amide bonds. The predicted molar refractivity (Wildman–Crippen MR) is 234 cm³/mol. The van der Waals surface area contributed by atoms with E-state index >= 15 is 0 Å². The zero-order chi connectivity index (χ0) is 35.9. The van der Waals surface area contributed by atoms with Gasteiger partial charge in [0.2, 0.25) is 6.71 Å². The molecule has 0 N–H and O–H groups in total. The molecule has 0 aliphatic rings. The molecule has 1 heterocycles. The van der Waals surface area contributed by atoms with Gasteiger partial charge in [-0.1, -0.05) is 211 Å². The van der Waals surface area contributed by atoms with Crippen LogP contribution in [0.4, 0.5) is 0 Å². The Morgan fingerprint density at radius 3 is 1.33 bits per heavy atom. The molecule has 52 heavy (non-hydrogen) atoms. The van der Waals surface area contributed by atoms with E-state index in [4.69, 9.17) is 24.4 Å². The van der Waals surface area contributed by atoms with E-state index in [-0.39, 0.29) is 0 Å². The van der Waals surface area contributed by atoms with Crippen molar-refractivity contribution in [2.45, 2.75) is 31.9 Å². The molecule has 0 saturated carbocycles. The van der Waals surface area contributed by atoms with Gasteiger partial charge in [0.25, 0.3) is 0 Å². The third-order valence-electron chi connectivity index (χ3n) is 9.66. The fraction of sp³-hybridized carbons (Fsp3) is 0.109. The van der Waals surface area contributed by atoms with Gasteiger partial charge in [0.15, 0.2) is 8.07 Å². The predicted octanol–water partition coefficient (Wildman–Crippen LogP) is 6.66. The lowest BCUT2D eigenvalue weighted by Gasteiger charge is -2.37. The Kier molecular flexibility index (Phi) is 13.4. The fourth-order valence-electron chi connectivity index (χ4n) is 7.35. The van der Waals surface area contributed by atoms with E-state index in [1.54, 1.807) is 0 Å². The highest BCUT2D eigenvalue weighted by Gasteiger charge is 2.42. The summed E-state index contributed by atoms with van der Waals surface area (Å²) in [6.07, 6.45) is 10.5. The summed E-state index contributed by atoms with van der Waals surface area (Å²) in [4.78, 5) is 4.38. The normalized spacial score (nSPS) is 10.8. The van der Waals surface area contributed by atoms with Crippen molar-refractivity contribution in [1.82, 2.24) is 9.55 Å². The lowest BCUT2D eigenvalue weighted by atomic mass is 9.37. The highest BCUT2D eigenvalue weighted by atomic mass is 32.1. The first-order valence-corrected chi connectivity index (χ1v) is 21.1.